The van der Waals surface area contributed by atoms with Crippen LogP contribution in [0.1, 0.15) is 26.2 Å². The van der Waals surface area contributed by atoms with E-state index in [0.717, 1.165) is 32.9 Å². The van der Waals surface area contributed by atoms with Crippen molar-refractivity contribution in [2.75, 3.05) is 40.0 Å². The van der Waals surface area contributed by atoms with E-state index < -0.39 is 0 Å². The fourth-order valence-corrected chi connectivity index (χ4v) is 1.65. The van der Waals surface area contributed by atoms with Gasteiger partial charge in [0.2, 0.25) is 0 Å². The Morgan fingerprint density at radius 3 is 2.64 bits per heavy atom. The van der Waals surface area contributed by atoms with Gasteiger partial charge in [-0.3, -0.25) is 0 Å². The highest BCUT2D eigenvalue weighted by Crippen LogP contribution is 2.48. The number of hydrogen-bond acceptors (Lipinski definition) is 3. The third kappa shape index (κ3) is 4.40. The lowest BCUT2D eigenvalue weighted by molar-refractivity contribution is 0.144. The van der Waals surface area contributed by atoms with E-state index in [2.05, 4.69) is 5.32 Å². The summed E-state index contributed by atoms with van der Waals surface area (Å²) in [5, 5.41) is 3.45. The maximum atomic E-state index is 5.26. The highest BCUT2D eigenvalue weighted by molar-refractivity contribution is 4.94. The molecule has 0 spiro atoms. The Balaban J connectivity index is 1.94. The SMILES string of the molecule is CCOCCNCC1(CCOC)CC1. The van der Waals surface area contributed by atoms with Crippen molar-refractivity contribution in [2.24, 2.45) is 5.41 Å². The number of ether oxygens (including phenoxy) is 2. The molecule has 0 aromatic heterocycles. The van der Waals surface area contributed by atoms with Crippen LogP contribution in [0.4, 0.5) is 0 Å². The van der Waals surface area contributed by atoms with Gasteiger partial charge < -0.3 is 14.8 Å². The van der Waals surface area contributed by atoms with E-state index in [1.54, 1.807) is 7.11 Å². The Morgan fingerprint density at radius 1 is 1.29 bits per heavy atom. The molecule has 0 saturated heterocycles. The van der Waals surface area contributed by atoms with Gasteiger partial charge in [0.15, 0.2) is 0 Å². The minimum absolute atomic E-state index is 0.558. The molecule has 0 aromatic carbocycles. The number of methoxy groups -OCH3 is 1. The quantitative estimate of drug-likeness (QED) is 0.572. The molecule has 3 heteroatoms. The zero-order chi connectivity index (χ0) is 10.3. The minimum atomic E-state index is 0.558. The fourth-order valence-electron chi connectivity index (χ4n) is 1.65. The molecular weight excluding hydrogens is 178 g/mol. The first-order chi connectivity index (χ1) is 6.83. The van der Waals surface area contributed by atoms with Gasteiger partial charge in [-0.25, -0.2) is 0 Å². The molecule has 84 valence electrons. The molecule has 0 radical (unpaired) electrons. The average Bonchev–Trinajstić information content (AvgIpc) is 2.96. The molecule has 0 heterocycles. The first-order valence-corrected chi connectivity index (χ1v) is 5.60. The van der Waals surface area contributed by atoms with Crippen LogP contribution in [0.3, 0.4) is 0 Å². The Labute approximate surface area is 87.2 Å². The maximum absolute atomic E-state index is 5.26. The highest BCUT2D eigenvalue weighted by Gasteiger charge is 2.41. The summed E-state index contributed by atoms with van der Waals surface area (Å²) in [4.78, 5) is 0. The van der Waals surface area contributed by atoms with Crippen LogP contribution in [0.2, 0.25) is 0 Å². The molecule has 0 bridgehead atoms. The van der Waals surface area contributed by atoms with Crippen molar-refractivity contribution in [3.05, 3.63) is 0 Å². The van der Waals surface area contributed by atoms with Crippen molar-refractivity contribution in [1.29, 1.82) is 0 Å². The molecule has 0 atom stereocenters. The first-order valence-electron chi connectivity index (χ1n) is 5.60. The normalized spacial score (nSPS) is 18.4. The van der Waals surface area contributed by atoms with Crippen molar-refractivity contribution in [2.45, 2.75) is 26.2 Å². The minimum Gasteiger partial charge on any atom is -0.385 e. The van der Waals surface area contributed by atoms with Crippen LogP contribution in [0.25, 0.3) is 0 Å². The van der Waals surface area contributed by atoms with Crippen LogP contribution in [0.5, 0.6) is 0 Å². The second-order valence-corrected chi connectivity index (χ2v) is 4.12. The van der Waals surface area contributed by atoms with E-state index in [1.807, 2.05) is 6.92 Å². The lowest BCUT2D eigenvalue weighted by Crippen LogP contribution is -2.28. The Kier molecular flexibility index (Phi) is 5.45. The molecular formula is C11H23NO2. The van der Waals surface area contributed by atoms with Gasteiger partial charge in [0.1, 0.15) is 0 Å². The Bertz CT molecular complexity index is 146. The van der Waals surface area contributed by atoms with Crippen molar-refractivity contribution in [1.82, 2.24) is 5.32 Å². The highest BCUT2D eigenvalue weighted by atomic mass is 16.5. The Hall–Kier alpha value is -0.120. The van der Waals surface area contributed by atoms with Gasteiger partial charge in [0, 0.05) is 33.4 Å². The molecule has 3 nitrogen and oxygen atoms in total. The zero-order valence-corrected chi connectivity index (χ0v) is 9.47. The first kappa shape index (κ1) is 12.0. The van der Waals surface area contributed by atoms with Crippen molar-refractivity contribution in [3.63, 3.8) is 0 Å². The van der Waals surface area contributed by atoms with Gasteiger partial charge in [-0.15, -0.1) is 0 Å². The van der Waals surface area contributed by atoms with E-state index in [9.17, 15) is 0 Å². The number of hydrogen-bond donors (Lipinski definition) is 1. The molecule has 1 fully saturated rings. The summed E-state index contributed by atoms with van der Waals surface area (Å²) >= 11 is 0. The second-order valence-electron chi connectivity index (χ2n) is 4.12. The van der Waals surface area contributed by atoms with Crippen LogP contribution >= 0.6 is 0 Å². The third-order valence-electron chi connectivity index (χ3n) is 2.92. The Morgan fingerprint density at radius 2 is 2.07 bits per heavy atom. The zero-order valence-electron chi connectivity index (χ0n) is 9.47. The summed E-state index contributed by atoms with van der Waals surface area (Å²) in [7, 11) is 1.78. The molecule has 0 unspecified atom stereocenters. The lowest BCUT2D eigenvalue weighted by Gasteiger charge is -2.15. The maximum Gasteiger partial charge on any atom is 0.0590 e. The predicted molar refractivity (Wildman–Crippen MR) is 57.5 cm³/mol. The number of rotatable bonds is 9. The van der Waals surface area contributed by atoms with Crippen LogP contribution in [0.15, 0.2) is 0 Å². The summed E-state index contributed by atoms with van der Waals surface area (Å²) in [6.07, 6.45) is 3.92. The van der Waals surface area contributed by atoms with Gasteiger partial charge in [0.25, 0.3) is 0 Å². The predicted octanol–water partition coefficient (Wildman–Crippen LogP) is 1.43. The summed E-state index contributed by atoms with van der Waals surface area (Å²) in [6, 6.07) is 0. The fraction of sp³-hybridized carbons (Fsp3) is 1.00. The topological polar surface area (TPSA) is 30.5 Å². The second kappa shape index (κ2) is 6.38. The van der Waals surface area contributed by atoms with E-state index in [-0.39, 0.29) is 0 Å². The van der Waals surface area contributed by atoms with Crippen LogP contribution in [-0.2, 0) is 9.47 Å². The molecule has 0 aromatic rings. The van der Waals surface area contributed by atoms with E-state index >= 15 is 0 Å². The van der Waals surface area contributed by atoms with Crippen molar-refractivity contribution in [3.8, 4) is 0 Å². The van der Waals surface area contributed by atoms with E-state index in [0.29, 0.717) is 5.41 Å². The van der Waals surface area contributed by atoms with Crippen molar-refractivity contribution >= 4 is 0 Å². The van der Waals surface area contributed by atoms with E-state index in [4.69, 9.17) is 9.47 Å². The van der Waals surface area contributed by atoms with Crippen molar-refractivity contribution < 1.29 is 9.47 Å². The molecule has 1 N–H and O–H groups in total. The number of nitrogens with one attached hydrogen (secondary N) is 1. The average molecular weight is 201 g/mol. The van der Waals surface area contributed by atoms with Gasteiger partial charge in [-0.1, -0.05) is 0 Å². The van der Waals surface area contributed by atoms with E-state index in [1.165, 1.54) is 19.3 Å². The third-order valence-corrected chi connectivity index (χ3v) is 2.92. The van der Waals surface area contributed by atoms with Gasteiger partial charge in [-0.2, -0.15) is 0 Å². The smallest absolute Gasteiger partial charge is 0.0590 e. The van der Waals surface area contributed by atoms with Crippen LogP contribution < -0.4 is 5.32 Å². The summed E-state index contributed by atoms with van der Waals surface area (Å²) in [5.41, 5.74) is 0.558. The van der Waals surface area contributed by atoms with Gasteiger partial charge in [0.05, 0.1) is 6.61 Å². The summed E-state index contributed by atoms with van der Waals surface area (Å²) < 4.78 is 10.4. The molecule has 1 rings (SSSR count). The molecule has 0 amide bonds. The molecule has 1 aliphatic carbocycles. The summed E-state index contributed by atoms with van der Waals surface area (Å²) in [5.74, 6) is 0. The van der Waals surface area contributed by atoms with Crippen LogP contribution in [0, 0.1) is 5.41 Å². The largest absolute Gasteiger partial charge is 0.385 e. The molecule has 0 aliphatic heterocycles. The molecule has 14 heavy (non-hydrogen) atoms. The molecule has 1 aliphatic rings. The molecule has 1 saturated carbocycles. The van der Waals surface area contributed by atoms with Gasteiger partial charge in [-0.05, 0) is 31.6 Å². The monoisotopic (exact) mass is 201 g/mol. The standard InChI is InChI=1S/C11H23NO2/c1-3-14-9-7-12-10-11(4-5-11)6-8-13-2/h12H,3-10H2,1-2H3. The van der Waals surface area contributed by atoms with Crippen LogP contribution in [-0.4, -0.2) is 40.0 Å². The lowest BCUT2D eigenvalue weighted by atomic mass is 10.0. The van der Waals surface area contributed by atoms with Gasteiger partial charge >= 0.3 is 0 Å². The summed E-state index contributed by atoms with van der Waals surface area (Å²) in [6.45, 7) is 6.67.